The summed E-state index contributed by atoms with van der Waals surface area (Å²) in [5, 5.41) is 9.89. The van der Waals surface area contributed by atoms with E-state index in [2.05, 4.69) is 15.5 Å². The van der Waals surface area contributed by atoms with E-state index in [-0.39, 0.29) is 22.2 Å². The molecule has 28 heavy (non-hydrogen) atoms. The highest BCUT2D eigenvalue weighted by Crippen LogP contribution is 2.44. The third-order valence-corrected chi connectivity index (χ3v) is 6.09. The molecule has 3 aromatic rings. The van der Waals surface area contributed by atoms with E-state index >= 15 is 0 Å². The molecule has 0 aliphatic carbocycles. The van der Waals surface area contributed by atoms with Gasteiger partial charge in [0.1, 0.15) is 18.2 Å². The van der Waals surface area contributed by atoms with E-state index in [9.17, 15) is 9.18 Å². The molecular formula is C21H20FN3O2S. The Kier molecular flexibility index (Phi) is 5.09. The molecule has 0 saturated carbocycles. The molecule has 1 amide bonds. The summed E-state index contributed by atoms with van der Waals surface area (Å²) in [6.45, 7) is 4.15. The molecule has 4 rings (SSSR count). The second kappa shape index (κ2) is 7.67. The van der Waals surface area contributed by atoms with Crippen molar-refractivity contribution in [2.75, 3.05) is 5.32 Å². The minimum Gasteiger partial charge on any atom is -0.489 e. The summed E-state index contributed by atoms with van der Waals surface area (Å²) in [4.78, 5) is 12.2. The van der Waals surface area contributed by atoms with Crippen LogP contribution in [0.4, 0.5) is 10.2 Å². The molecule has 2 heterocycles. The van der Waals surface area contributed by atoms with E-state index < -0.39 is 0 Å². The number of amides is 1. The van der Waals surface area contributed by atoms with Crippen molar-refractivity contribution in [1.29, 1.82) is 0 Å². The summed E-state index contributed by atoms with van der Waals surface area (Å²) in [5.74, 6) is 0.981. The molecule has 2 N–H and O–H groups in total. The van der Waals surface area contributed by atoms with Crippen molar-refractivity contribution in [2.45, 2.75) is 31.0 Å². The van der Waals surface area contributed by atoms with Crippen LogP contribution in [0.15, 0.2) is 48.5 Å². The van der Waals surface area contributed by atoms with Gasteiger partial charge in [-0.25, -0.2) is 4.39 Å². The van der Waals surface area contributed by atoms with Crippen molar-refractivity contribution >= 4 is 23.5 Å². The van der Waals surface area contributed by atoms with Crippen LogP contribution in [0.5, 0.6) is 5.75 Å². The SMILES string of the molecule is Cc1[nH]nc2c1C(c1ccc(OCc3cccc(F)c3)cc1)SC(C)C(=O)N2. The molecule has 1 aliphatic rings. The lowest BCUT2D eigenvalue weighted by Gasteiger charge is -2.18. The van der Waals surface area contributed by atoms with Gasteiger partial charge in [0, 0.05) is 11.3 Å². The van der Waals surface area contributed by atoms with Gasteiger partial charge in [0.2, 0.25) is 5.91 Å². The van der Waals surface area contributed by atoms with E-state index in [1.807, 2.05) is 44.2 Å². The average Bonchev–Trinajstić information content (AvgIpc) is 2.98. The summed E-state index contributed by atoms with van der Waals surface area (Å²) in [6, 6.07) is 14.2. The highest BCUT2D eigenvalue weighted by atomic mass is 32.2. The summed E-state index contributed by atoms with van der Waals surface area (Å²) in [7, 11) is 0. The van der Waals surface area contributed by atoms with Crippen molar-refractivity contribution in [3.05, 3.63) is 76.7 Å². The number of thioether (sulfide) groups is 1. The van der Waals surface area contributed by atoms with Crippen LogP contribution >= 0.6 is 11.8 Å². The van der Waals surface area contributed by atoms with Gasteiger partial charge in [-0.2, -0.15) is 5.10 Å². The van der Waals surface area contributed by atoms with E-state index in [1.165, 1.54) is 12.1 Å². The average molecular weight is 397 g/mol. The number of H-pyrrole nitrogens is 1. The largest absolute Gasteiger partial charge is 0.489 e. The number of hydrogen-bond donors (Lipinski definition) is 2. The monoisotopic (exact) mass is 397 g/mol. The van der Waals surface area contributed by atoms with Crippen molar-refractivity contribution in [1.82, 2.24) is 10.2 Å². The number of aromatic amines is 1. The molecule has 144 valence electrons. The molecule has 5 nitrogen and oxygen atoms in total. The van der Waals surface area contributed by atoms with Gasteiger partial charge < -0.3 is 10.1 Å². The Morgan fingerprint density at radius 2 is 2.00 bits per heavy atom. The van der Waals surface area contributed by atoms with Gasteiger partial charge in [0.25, 0.3) is 0 Å². The minimum atomic E-state index is -0.273. The molecule has 0 radical (unpaired) electrons. The maximum atomic E-state index is 13.3. The van der Waals surface area contributed by atoms with Crippen LogP contribution in [0, 0.1) is 12.7 Å². The van der Waals surface area contributed by atoms with Crippen molar-refractivity contribution in [3.8, 4) is 5.75 Å². The fraction of sp³-hybridized carbons (Fsp3) is 0.238. The number of ether oxygens (including phenoxy) is 1. The topological polar surface area (TPSA) is 67.0 Å². The molecule has 2 unspecified atom stereocenters. The summed E-state index contributed by atoms with van der Waals surface area (Å²) in [5.41, 5.74) is 3.78. The smallest absolute Gasteiger partial charge is 0.238 e. The zero-order valence-electron chi connectivity index (χ0n) is 15.5. The number of carbonyl (C=O) groups is 1. The Hall–Kier alpha value is -2.80. The number of halogens is 1. The Labute approximate surface area is 166 Å². The third kappa shape index (κ3) is 3.75. The summed E-state index contributed by atoms with van der Waals surface area (Å²) >= 11 is 1.59. The van der Waals surface area contributed by atoms with Crippen LogP contribution in [0.3, 0.4) is 0 Å². The van der Waals surface area contributed by atoms with E-state index in [1.54, 1.807) is 17.8 Å². The number of nitrogens with zero attached hydrogens (tertiary/aromatic N) is 1. The van der Waals surface area contributed by atoms with E-state index in [4.69, 9.17) is 4.74 Å². The molecular weight excluding hydrogens is 377 g/mol. The molecule has 1 aliphatic heterocycles. The van der Waals surface area contributed by atoms with E-state index in [0.717, 1.165) is 22.4 Å². The molecule has 0 spiro atoms. The van der Waals surface area contributed by atoms with Crippen LogP contribution in [0.25, 0.3) is 0 Å². The number of aryl methyl sites for hydroxylation is 1. The van der Waals surface area contributed by atoms with Crippen LogP contribution in [0.1, 0.15) is 34.6 Å². The van der Waals surface area contributed by atoms with Gasteiger partial charge in [-0.1, -0.05) is 24.3 Å². The van der Waals surface area contributed by atoms with Crippen LogP contribution in [-0.4, -0.2) is 21.4 Å². The Morgan fingerprint density at radius 1 is 1.21 bits per heavy atom. The minimum absolute atomic E-state index is 0.0139. The van der Waals surface area contributed by atoms with Gasteiger partial charge in [0.15, 0.2) is 5.82 Å². The molecule has 1 aromatic heterocycles. The van der Waals surface area contributed by atoms with Gasteiger partial charge in [-0.05, 0) is 49.2 Å². The summed E-state index contributed by atoms with van der Waals surface area (Å²) in [6.07, 6.45) is 0. The second-order valence-electron chi connectivity index (χ2n) is 6.75. The Morgan fingerprint density at radius 3 is 2.75 bits per heavy atom. The van der Waals surface area contributed by atoms with Crippen molar-refractivity contribution in [3.63, 3.8) is 0 Å². The van der Waals surface area contributed by atoms with Gasteiger partial charge >= 0.3 is 0 Å². The van der Waals surface area contributed by atoms with Crippen LogP contribution < -0.4 is 10.1 Å². The first kappa shape index (κ1) is 18.6. The Bertz CT molecular complexity index is 1000. The highest BCUT2D eigenvalue weighted by Gasteiger charge is 2.32. The lowest BCUT2D eigenvalue weighted by atomic mass is 10.0. The number of carbonyl (C=O) groups excluding carboxylic acids is 1. The maximum Gasteiger partial charge on any atom is 0.238 e. The number of rotatable bonds is 4. The quantitative estimate of drug-likeness (QED) is 0.675. The summed E-state index contributed by atoms with van der Waals surface area (Å²) < 4.78 is 19.0. The first-order chi connectivity index (χ1) is 13.5. The van der Waals surface area contributed by atoms with E-state index in [0.29, 0.717) is 18.2 Å². The first-order valence-electron chi connectivity index (χ1n) is 8.99. The maximum absolute atomic E-state index is 13.3. The van der Waals surface area contributed by atoms with Gasteiger partial charge in [0.05, 0.1) is 10.5 Å². The normalized spacial score (nSPS) is 18.9. The standard InChI is InChI=1S/C21H20FN3O2S/c1-12-18-19(28-13(2)21(26)23-20(18)25-24-12)15-6-8-17(9-7-15)27-11-14-4-3-5-16(22)10-14/h3-10,13,19H,11H2,1-2H3,(H2,23,24,25,26). The van der Waals surface area contributed by atoms with Crippen molar-refractivity contribution < 1.29 is 13.9 Å². The zero-order chi connectivity index (χ0) is 19.7. The Balaban J connectivity index is 1.54. The zero-order valence-corrected chi connectivity index (χ0v) is 16.3. The van der Waals surface area contributed by atoms with Gasteiger partial charge in [-0.15, -0.1) is 11.8 Å². The fourth-order valence-electron chi connectivity index (χ4n) is 3.18. The third-order valence-electron chi connectivity index (χ3n) is 4.69. The van der Waals surface area contributed by atoms with Gasteiger partial charge in [-0.3, -0.25) is 9.89 Å². The number of anilines is 1. The molecule has 2 atom stereocenters. The van der Waals surface area contributed by atoms with Crippen molar-refractivity contribution in [2.24, 2.45) is 0 Å². The molecule has 7 heteroatoms. The number of aromatic nitrogens is 2. The number of fused-ring (bicyclic) bond motifs is 1. The molecule has 0 bridgehead atoms. The predicted octanol–water partition coefficient (Wildman–Crippen LogP) is 4.60. The molecule has 0 fully saturated rings. The first-order valence-corrected chi connectivity index (χ1v) is 9.94. The van der Waals surface area contributed by atoms with Crippen LogP contribution in [-0.2, 0) is 11.4 Å². The number of hydrogen-bond acceptors (Lipinski definition) is 4. The molecule has 0 saturated heterocycles. The number of benzene rings is 2. The predicted molar refractivity (Wildman–Crippen MR) is 108 cm³/mol. The fourth-order valence-corrected chi connectivity index (χ4v) is 4.51. The molecule has 2 aromatic carbocycles. The lowest BCUT2D eigenvalue weighted by Crippen LogP contribution is -2.21. The lowest BCUT2D eigenvalue weighted by molar-refractivity contribution is -0.115. The highest BCUT2D eigenvalue weighted by molar-refractivity contribution is 8.01. The number of nitrogens with one attached hydrogen (secondary N) is 2. The van der Waals surface area contributed by atoms with Crippen LogP contribution in [0.2, 0.25) is 0 Å². The second-order valence-corrected chi connectivity index (χ2v) is 8.20.